The van der Waals surface area contributed by atoms with E-state index in [1.54, 1.807) is 0 Å². The van der Waals surface area contributed by atoms with Crippen molar-refractivity contribution in [1.29, 1.82) is 0 Å². The molecule has 2 aliphatic heterocycles. The molecular weight excluding hydrogens is 308 g/mol. The number of rotatable bonds is 8. The van der Waals surface area contributed by atoms with E-state index in [4.69, 9.17) is 0 Å². The standard InChI is InChI=1S/C19H36OS2/c1-19(2,15-20)13-6-10-17-8-5-9-18(22-17)12-11-16-7-3-4-14-21-16/h16-18,20H,3-15H2,1-2H3. The Balaban J connectivity index is 1.61. The van der Waals surface area contributed by atoms with Crippen LogP contribution < -0.4 is 0 Å². The highest BCUT2D eigenvalue weighted by atomic mass is 32.2. The zero-order valence-corrected chi connectivity index (χ0v) is 16.3. The van der Waals surface area contributed by atoms with Crippen LogP contribution in [0.15, 0.2) is 0 Å². The molecule has 0 bridgehead atoms. The van der Waals surface area contributed by atoms with E-state index < -0.39 is 0 Å². The molecule has 0 amide bonds. The van der Waals surface area contributed by atoms with Crippen LogP contribution in [0.5, 0.6) is 0 Å². The molecule has 2 rings (SSSR count). The minimum absolute atomic E-state index is 0.122. The lowest BCUT2D eigenvalue weighted by Crippen LogP contribution is -2.21. The molecule has 2 heterocycles. The topological polar surface area (TPSA) is 20.2 Å². The predicted octanol–water partition coefficient (Wildman–Crippen LogP) is 5.90. The van der Waals surface area contributed by atoms with Crippen LogP contribution in [0.2, 0.25) is 0 Å². The molecular formula is C19H36OS2. The molecule has 0 saturated carbocycles. The highest BCUT2D eigenvalue weighted by molar-refractivity contribution is 8.00. The lowest BCUT2D eigenvalue weighted by Gasteiger charge is -2.31. The number of aliphatic hydroxyl groups is 1. The van der Waals surface area contributed by atoms with E-state index in [1.165, 1.54) is 76.4 Å². The van der Waals surface area contributed by atoms with Crippen LogP contribution in [0.25, 0.3) is 0 Å². The molecule has 130 valence electrons. The molecule has 0 aliphatic carbocycles. The van der Waals surface area contributed by atoms with Gasteiger partial charge in [-0.1, -0.05) is 33.1 Å². The van der Waals surface area contributed by atoms with E-state index in [1.807, 2.05) is 0 Å². The fraction of sp³-hybridized carbons (Fsp3) is 1.00. The third kappa shape index (κ3) is 7.05. The van der Waals surface area contributed by atoms with Gasteiger partial charge in [0.05, 0.1) is 0 Å². The van der Waals surface area contributed by atoms with E-state index in [0.29, 0.717) is 6.61 Å². The molecule has 1 nitrogen and oxygen atoms in total. The van der Waals surface area contributed by atoms with Crippen LogP contribution in [0.3, 0.4) is 0 Å². The van der Waals surface area contributed by atoms with Crippen molar-refractivity contribution >= 4 is 23.5 Å². The molecule has 0 radical (unpaired) electrons. The first-order valence-corrected chi connectivity index (χ1v) is 11.5. The average Bonchev–Trinajstić information content (AvgIpc) is 2.54. The largest absolute Gasteiger partial charge is 0.396 e. The molecule has 22 heavy (non-hydrogen) atoms. The maximum atomic E-state index is 9.36. The Hall–Kier alpha value is 0.660. The van der Waals surface area contributed by atoms with Crippen molar-refractivity contribution in [1.82, 2.24) is 0 Å². The van der Waals surface area contributed by atoms with Crippen LogP contribution in [-0.4, -0.2) is 33.2 Å². The Kier molecular flexibility index (Phi) is 8.49. The summed E-state index contributed by atoms with van der Waals surface area (Å²) in [7, 11) is 0. The van der Waals surface area contributed by atoms with Gasteiger partial charge in [-0.25, -0.2) is 0 Å². The number of aliphatic hydroxyl groups excluding tert-OH is 1. The van der Waals surface area contributed by atoms with E-state index in [2.05, 4.69) is 37.4 Å². The number of hydrogen-bond acceptors (Lipinski definition) is 3. The Morgan fingerprint density at radius 3 is 2.27 bits per heavy atom. The zero-order chi connectivity index (χ0) is 15.8. The molecule has 2 saturated heterocycles. The molecule has 3 atom stereocenters. The van der Waals surface area contributed by atoms with Gasteiger partial charge in [0.25, 0.3) is 0 Å². The smallest absolute Gasteiger partial charge is 0.0482 e. The second-order valence-electron chi connectivity index (χ2n) is 8.09. The van der Waals surface area contributed by atoms with Gasteiger partial charge in [0.1, 0.15) is 0 Å². The second-order valence-corrected chi connectivity index (χ2v) is 11.1. The molecule has 0 spiro atoms. The molecule has 2 aliphatic rings. The fourth-order valence-electron chi connectivity index (χ4n) is 3.70. The van der Waals surface area contributed by atoms with E-state index >= 15 is 0 Å². The SMILES string of the molecule is CC(C)(CO)CCCC1CCCC(CCC2CCCCS2)S1. The fourth-order valence-corrected chi connectivity index (χ4v) is 6.77. The first-order chi connectivity index (χ1) is 10.6. The summed E-state index contributed by atoms with van der Waals surface area (Å²) in [5.74, 6) is 1.41. The highest BCUT2D eigenvalue weighted by Crippen LogP contribution is 2.39. The molecule has 0 aromatic rings. The van der Waals surface area contributed by atoms with E-state index in [-0.39, 0.29) is 5.41 Å². The van der Waals surface area contributed by atoms with Crippen LogP contribution in [0, 0.1) is 5.41 Å². The average molecular weight is 345 g/mol. The van der Waals surface area contributed by atoms with Gasteiger partial charge in [-0.15, -0.1) is 0 Å². The predicted molar refractivity (Wildman–Crippen MR) is 103 cm³/mol. The van der Waals surface area contributed by atoms with Gasteiger partial charge in [-0.3, -0.25) is 0 Å². The molecule has 1 N–H and O–H groups in total. The van der Waals surface area contributed by atoms with Crippen molar-refractivity contribution in [3.05, 3.63) is 0 Å². The highest BCUT2D eigenvalue weighted by Gasteiger charge is 2.25. The molecule has 3 heteroatoms. The van der Waals surface area contributed by atoms with Crippen molar-refractivity contribution in [2.45, 2.75) is 100 Å². The van der Waals surface area contributed by atoms with Crippen molar-refractivity contribution < 1.29 is 5.11 Å². The Labute approximate surface area is 146 Å². The Morgan fingerprint density at radius 2 is 1.59 bits per heavy atom. The Bertz CT molecular complexity index is 300. The van der Waals surface area contributed by atoms with Crippen LogP contribution in [-0.2, 0) is 0 Å². The summed E-state index contributed by atoms with van der Waals surface area (Å²) < 4.78 is 0. The molecule has 0 aromatic heterocycles. The van der Waals surface area contributed by atoms with Gasteiger partial charge in [-0.05, 0) is 62.5 Å². The maximum absolute atomic E-state index is 9.36. The maximum Gasteiger partial charge on any atom is 0.0482 e. The summed E-state index contributed by atoms with van der Waals surface area (Å²) in [4.78, 5) is 0. The summed E-state index contributed by atoms with van der Waals surface area (Å²) in [6.45, 7) is 4.70. The summed E-state index contributed by atoms with van der Waals surface area (Å²) in [6.07, 6.45) is 15.5. The normalized spacial score (nSPS) is 30.4. The third-order valence-electron chi connectivity index (χ3n) is 5.33. The number of thioether (sulfide) groups is 2. The second kappa shape index (κ2) is 9.84. The van der Waals surface area contributed by atoms with Gasteiger partial charge in [0.15, 0.2) is 0 Å². The van der Waals surface area contributed by atoms with Gasteiger partial charge in [0.2, 0.25) is 0 Å². The first-order valence-electron chi connectivity index (χ1n) is 9.47. The monoisotopic (exact) mass is 344 g/mol. The lowest BCUT2D eigenvalue weighted by atomic mass is 9.87. The summed E-state index contributed by atoms with van der Waals surface area (Å²) >= 11 is 4.55. The van der Waals surface area contributed by atoms with Gasteiger partial charge in [-0.2, -0.15) is 23.5 Å². The van der Waals surface area contributed by atoms with Gasteiger partial charge < -0.3 is 5.11 Å². The summed E-state index contributed by atoms with van der Waals surface area (Å²) in [5.41, 5.74) is 0.122. The van der Waals surface area contributed by atoms with Crippen LogP contribution in [0.1, 0.15) is 84.5 Å². The quantitative estimate of drug-likeness (QED) is 0.592. The van der Waals surface area contributed by atoms with E-state index in [9.17, 15) is 5.11 Å². The van der Waals surface area contributed by atoms with Crippen molar-refractivity contribution in [3.8, 4) is 0 Å². The minimum atomic E-state index is 0.122. The molecule has 0 aromatic carbocycles. The lowest BCUT2D eigenvalue weighted by molar-refractivity contribution is 0.147. The molecule has 3 unspecified atom stereocenters. The van der Waals surface area contributed by atoms with Gasteiger partial charge in [0, 0.05) is 22.4 Å². The number of hydrogen-bond donors (Lipinski definition) is 1. The van der Waals surface area contributed by atoms with Crippen molar-refractivity contribution in [2.24, 2.45) is 5.41 Å². The van der Waals surface area contributed by atoms with Crippen LogP contribution in [0.4, 0.5) is 0 Å². The minimum Gasteiger partial charge on any atom is -0.396 e. The van der Waals surface area contributed by atoms with Crippen LogP contribution >= 0.6 is 23.5 Å². The van der Waals surface area contributed by atoms with Crippen molar-refractivity contribution in [2.75, 3.05) is 12.4 Å². The zero-order valence-electron chi connectivity index (χ0n) is 14.7. The summed E-state index contributed by atoms with van der Waals surface area (Å²) in [6, 6.07) is 0. The third-order valence-corrected chi connectivity index (χ3v) is 8.51. The van der Waals surface area contributed by atoms with Gasteiger partial charge >= 0.3 is 0 Å². The Morgan fingerprint density at radius 1 is 0.909 bits per heavy atom. The first kappa shape index (κ1) is 19.0. The summed E-state index contributed by atoms with van der Waals surface area (Å²) in [5, 5.41) is 12.2. The van der Waals surface area contributed by atoms with E-state index in [0.717, 1.165) is 15.7 Å². The molecule has 2 fully saturated rings. The van der Waals surface area contributed by atoms with Crippen molar-refractivity contribution in [3.63, 3.8) is 0 Å².